The molecule has 2 rings (SSSR count). The van der Waals surface area contributed by atoms with Gasteiger partial charge < -0.3 is 0 Å². The van der Waals surface area contributed by atoms with Crippen LogP contribution in [0.3, 0.4) is 0 Å². The topological polar surface area (TPSA) is 37.4 Å². The highest BCUT2D eigenvalue weighted by molar-refractivity contribution is 7.89. The van der Waals surface area contributed by atoms with E-state index in [0.29, 0.717) is 0 Å². The predicted octanol–water partition coefficient (Wildman–Crippen LogP) is 4.18. The third-order valence-corrected chi connectivity index (χ3v) is 5.25. The molecule has 0 radical (unpaired) electrons. The number of alkyl halides is 3. The highest BCUT2D eigenvalue weighted by Gasteiger charge is 2.34. The minimum absolute atomic E-state index is 0.0722. The molecule has 3 nitrogen and oxygen atoms in total. The Bertz CT molecular complexity index is 806. The highest BCUT2D eigenvalue weighted by Crippen LogP contribution is 2.33. The van der Waals surface area contributed by atoms with E-state index in [2.05, 4.69) is 0 Å². The van der Waals surface area contributed by atoms with E-state index in [-0.39, 0.29) is 15.5 Å². The third-order valence-electron chi connectivity index (χ3n) is 3.22. The first-order chi connectivity index (χ1) is 10.6. The summed E-state index contributed by atoms with van der Waals surface area (Å²) in [7, 11) is -2.71. The van der Waals surface area contributed by atoms with Gasteiger partial charge >= 0.3 is 6.18 Å². The van der Waals surface area contributed by atoms with Crippen molar-refractivity contribution < 1.29 is 21.6 Å². The van der Waals surface area contributed by atoms with E-state index < -0.39 is 28.3 Å². The second kappa shape index (κ2) is 6.51. The lowest BCUT2D eigenvalue weighted by atomic mass is 10.1. The molecule has 0 unspecified atom stereocenters. The molecule has 124 valence electrons. The number of benzene rings is 2. The summed E-state index contributed by atoms with van der Waals surface area (Å²) in [6.45, 7) is -0.398. The zero-order chi connectivity index (χ0) is 17.3. The molecule has 2 aromatic rings. The molecule has 0 aliphatic rings. The lowest BCUT2D eigenvalue weighted by Gasteiger charge is -2.20. The molecule has 2 aromatic carbocycles. The van der Waals surface area contributed by atoms with Crippen molar-refractivity contribution in [2.24, 2.45) is 0 Å². The number of nitrogens with zero attached hydrogens (tertiary/aromatic N) is 1. The van der Waals surface area contributed by atoms with Crippen LogP contribution in [-0.4, -0.2) is 19.8 Å². The van der Waals surface area contributed by atoms with Crippen molar-refractivity contribution in [1.82, 2.24) is 4.31 Å². The summed E-state index contributed by atoms with van der Waals surface area (Å²) in [5.41, 5.74) is -0.971. The van der Waals surface area contributed by atoms with Gasteiger partial charge in [0.15, 0.2) is 0 Å². The largest absolute Gasteiger partial charge is 0.416 e. The van der Waals surface area contributed by atoms with Crippen LogP contribution in [0.25, 0.3) is 0 Å². The molecule has 0 saturated carbocycles. The van der Waals surface area contributed by atoms with Gasteiger partial charge in [-0.15, -0.1) is 0 Å². The van der Waals surface area contributed by atoms with E-state index in [0.717, 1.165) is 10.4 Å². The molecule has 0 amide bonds. The van der Waals surface area contributed by atoms with Crippen molar-refractivity contribution in [3.8, 4) is 0 Å². The van der Waals surface area contributed by atoms with Crippen molar-refractivity contribution in [1.29, 1.82) is 0 Å². The Kier molecular flexibility index (Phi) is 5.03. The van der Waals surface area contributed by atoms with Crippen molar-refractivity contribution in [3.63, 3.8) is 0 Å². The number of hydrogen-bond acceptors (Lipinski definition) is 2. The average molecular weight is 364 g/mol. The van der Waals surface area contributed by atoms with Crippen LogP contribution < -0.4 is 0 Å². The molecule has 0 bridgehead atoms. The molecule has 0 N–H and O–H groups in total. The molecular formula is C15H13ClF3NO2S. The smallest absolute Gasteiger partial charge is 0.207 e. The van der Waals surface area contributed by atoms with Crippen molar-refractivity contribution in [3.05, 3.63) is 64.7 Å². The Morgan fingerprint density at radius 3 is 2.35 bits per heavy atom. The molecular weight excluding hydrogens is 351 g/mol. The second-order valence-corrected chi connectivity index (χ2v) is 7.35. The molecule has 0 aliphatic carbocycles. The van der Waals surface area contributed by atoms with Crippen LogP contribution in [-0.2, 0) is 22.7 Å². The van der Waals surface area contributed by atoms with Crippen LogP contribution in [0.1, 0.15) is 11.1 Å². The molecule has 0 fully saturated rings. The van der Waals surface area contributed by atoms with Crippen LogP contribution in [0.5, 0.6) is 0 Å². The summed E-state index contributed by atoms with van der Waals surface area (Å²) in [5, 5.41) is 0.232. The van der Waals surface area contributed by atoms with Gasteiger partial charge in [-0.1, -0.05) is 35.9 Å². The molecule has 0 aromatic heterocycles. The Hall–Kier alpha value is -1.57. The van der Waals surface area contributed by atoms with Gasteiger partial charge in [0.25, 0.3) is 0 Å². The molecule has 23 heavy (non-hydrogen) atoms. The van der Waals surface area contributed by atoms with Gasteiger partial charge in [0.2, 0.25) is 10.0 Å². The number of hydrogen-bond donors (Lipinski definition) is 0. The fraction of sp³-hybridized carbons (Fsp3) is 0.200. The summed E-state index contributed by atoms with van der Waals surface area (Å²) < 4.78 is 64.7. The van der Waals surface area contributed by atoms with Gasteiger partial charge in [0.05, 0.1) is 10.5 Å². The van der Waals surface area contributed by atoms with Crippen molar-refractivity contribution >= 4 is 21.6 Å². The fourth-order valence-electron chi connectivity index (χ4n) is 2.07. The Morgan fingerprint density at radius 1 is 1.09 bits per heavy atom. The van der Waals surface area contributed by atoms with Crippen LogP contribution in [0, 0.1) is 0 Å². The van der Waals surface area contributed by atoms with Crippen LogP contribution in [0.2, 0.25) is 5.02 Å². The highest BCUT2D eigenvalue weighted by atomic mass is 35.5. The number of rotatable bonds is 4. The van der Waals surface area contributed by atoms with Crippen LogP contribution in [0.15, 0.2) is 53.4 Å². The lowest BCUT2D eigenvalue weighted by Crippen LogP contribution is -2.27. The first kappa shape index (κ1) is 17.8. The van der Waals surface area contributed by atoms with Crippen LogP contribution in [0.4, 0.5) is 13.2 Å². The minimum atomic E-state index is -4.54. The quantitative estimate of drug-likeness (QED) is 0.817. The minimum Gasteiger partial charge on any atom is -0.207 e. The summed E-state index contributed by atoms with van der Waals surface area (Å²) in [6, 6.07) is 10.5. The maximum absolute atomic E-state index is 13.0. The van der Waals surface area contributed by atoms with Gasteiger partial charge in [-0.2, -0.15) is 17.5 Å². The monoisotopic (exact) mass is 363 g/mol. The Labute approximate surface area is 137 Å². The zero-order valence-corrected chi connectivity index (χ0v) is 13.6. The van der Waals surface area contributed by atoms with E-state index in [4.69, 9.17) is 11.6 Å². The molecule has 0 aliphatic heterocycles. The zero-order valence-electron chi connectivity index (χ0n) is 12.0. The van der Waals surface area contributed by atoms with Gasteiger partial charge in [0.1, 0.15) is 0 Å². The average Bonchev–Trinajstić information content (AvgIpc) is 2.46. The number of sulfonamides is 1. The molecule has 0 heterocycles. The second-order valence-electron chi connectivity index (χ2n) is 4.87. The Morgan fingerprint density at radius 2 is 1.74 bits per heavy atom. The van der Waals surface area contributed by atoms with Crippen LogP contribution >= 0.6 is 11.6 Å². The van der Waals surface area contributed by atoms with Crippen molar-refractivity contribution in [2.75, 3.05) is 7.05 Å². The van der Waals surface area contributed by atoms with Gasteiger partial charge in [-0.3, -0.25) is 0 Å². The van der Waals surface area contributed by atoms with Crippen molar-refractivity contribution in [2.45, 2.75) is 17.6 Å². The van der Waals surface area contributed by atoms with E-state index in [9.17, 15) is 21.6 Å². The van der Waals surface area contributed by atoms with E-state index >= 15 is 0 Å². The van der Waals surface area contributed by atoms with E-state index in [1.54, 1.807) is 0 Å². The predicted molar refractivity (Wildman–Crippen MR) is 81.5 cm³/mol. The summed E-state index contributed by atoms with van der Waals surface area (Å²) >= 11 is 5.77. The summed E-state index contributed by atoms with van der Waals surface area (Å²) in [6.07, 6.45) is -4.54. The van der Waals surface area contributed by atoms with Gasteiger partial charge in [0, 0.05) is 18.6 Å². The SMILES string of the molecule is CN(Cc1ccccc1C(F)(F)F)S(=O)(=O)c1cccc(Cl)c1. The van der Waals surface area contributed by atoms with Gasteiger partial charge in [-0.25, -0.2) is 8.42 Å². The molecule has 8 heteroatoms. The summed E-state index contributed by atoms with van der Waals surface area (Å²) in [5.74, 6) is 0. The lowest BCUT2D eigenvalue weighted by molar-refractivity contribution is -0.138. The summed E-state index contributed by atoms with van der Waals surface area (Å²) in [4.78, 5) is -0.0722. The third kappa shape index (κ3) is 4.04. The molecule has 0 saturated heterocycles. The van der Waals surface area contributed by atoms with E-state index in [1.165, 1.54) is 49.5 Å². The fourth-order valence-corrected chi connectivity index (χ4v) is 3.52. The standard InChI is InChI=1S/C15H13ClF3NO2S/c1-20(23(21,22)13-7-4-6-12(16)9-13)10-11-5-2-3-8-14(11)15(17,18)19/h2-9H,10H2,1H3. The van der Waals surface area contributed by atoms with E-state index in [1.807, 2.05) is 0 Å². The first-order valence-corrected chi connectivity index (χ1v) is 8.31. The maximum Gasteiger partial charge on any atom is 0.416 e. The first-order valence-electron chi connectivity index (χ1n) is 6.49. The maximum atomic E-state index is 13.0. The molecule has 0 spiro atoms. The normalized spacial score (nSPS) is 12.6. The molecule has 0 atom stereocenters. The number of halogens is 4. The van der Waals surface area contributed by atoms with Gasteiger partial charge in [-0.05, 0) is 29.8 Å². The Balaban J connectivity index is 2.35.